The molecule has 2 aliphatic rings. The molecule has 21 heavy (non-hydrogen) atoms. The molecule has 2 saturated carbocycles. The molecule has 1 aromatic carbocycles. The van der Waals surface area contributed by atoms with Crippen LogP contribution in [0.4, 0.5) is 0 Å². The summed E-state index contributed by atoms with van der Waals surface area (Å²) in [5, 5.41) is 10.9. The van der Waals surface area contributed by atoms with Crippen LogP contribution in [-0.4, -0.2) is 5.11 Å². The molecular formula is C20H30O. The topological polar surface area (TPSA) is 20.2 Å². The lowest BCUT2D eigenvalue weighted by Crippen LogP contribution is -2.16. The summed E-state index contributed by atoms with van der Waals surface area (Å²) in [5.74, 6) is 2.63. The minimum atomic E-state index is -0.271. The van der Waals surface area contributed by atoms with Crippen LogP contribution in [0, 0.1) is 52.4 Å². The number of hydrogen-bond donors (Lipinski definition) is 1. The number of benzene rings is 1. The summed E-state index contributed by atoms with van der Waals surface area (Å²) in [7, 11) is 0. The smallest absolute Gasteiger partial charge is 0.0798 e. The average Bonchev–Trinajstić information content (AvgIpc) is 3.05. The van der Waals surface area contributed by atoms with E-state index in [9.17, 15) is 5.11 Å². The van der Waals surface area contributed by atoms with Crippen molar-refractivity contribution in [1.82, 2.24) is 0 Å². The average molecular weight is 286 g/mol. The van der Waals surface area contributed by atoms with E-state index in [4.69, 9.17) is 0 Å². The summed E-state index contributed by atoms with van der Waals surface area (Å²) < 4.78 is 0. The van der Waals surface area contributed by atoms with Crippen LogP contribution in [0.2, 0.25) is 0 Å². The highest BCUT2D eigenvalue weighted by Gasteiger charge is 2.40. The molecule has 116 valence electrons. The zero-order chi connectivity index (χ0) is 15.3. The number of aliphatic hydroxyl groups excluding tert-OH is 1. The molecule has 3 rings (SSSR count). The van der Waals surface area contributed by atoms with Gasteiger partial charge in [0.2, 0.25) is 0 Å². The Hall–Kier alpha value is -0.820. The van der Waals surface area contributed by atoms with Crippen LogP contribution in [-0.2, 0) is 0 Å². The molecule has 1 nitrogen and oxygen atoms in total. The van der Waals surface area contributed by atoms with Gasteiger partial charge in [0.15, 0.2) is 0 Å². The molecule has 0 amide bonds. The molecular weight excluding hydrogens is 256 g/mol. The Bertz CT molecular complexity index is 528. The Balaban J connectivity index is 1.86. The van der Waals surface area contributed by atoms with Gasteiger partial charge in [0.05, 0.1) is 6.10 Å². The van der Waals surface area contributed by atoms with Crippen LogP contribution >= 0.6 is 0 Å². The van der Waals surface area contributed by atoms with Crippen molar-refractivity contribution < 1.29 is 5.11 Å². The SMILES string of the molecule is Cc1c(C)c(C)c(C(O)CC2CC3CCC2C3)c(C)c1C. The summed E-state index contributed by atoms with van der Waals surface area (Å²) in [5.41, 5.74) is 7.96. The van der Waals surface area contributed by atoms with E-state index in [0.29, 0.717) is 0 Å². The zero-order valence-electron chi connectivity index (χ0n) is 14.3. The van der Waals surface area contributed by atoms with Crippen molar-refractivity contribution in [3.8, 4) is 0 Å². The first-order chi connectivity index (χ1) is 9.90. The molecule has 2 aliphatic carbocycles. The lowest BCUT2D eigenvalue weighted by molar-refractivity contribution is 0.124. The van der Waals surface area contributed by atoms with E-state index in [2.05, 4.69) is 34.6 Å². The highest BCUT2D eigenvalue weighted by atomic mass is 16.3. The van der Waals surface area contributed by atoms with E-state index in [1.165, 1.54) is 59.1 Å². The molecule has 0 aromatic heterocycles. The second-order valence-corrected chi connectivity index (χ2v) is 7.73. The summed E-state index contributed by atoms with van der Waals surface area (Å²) in [4.78, 5) is 0. The van der Waals surface area contributed by atoms with Gasteiger partial charge in [-0.1, -0.05) is 6.42 Å². The Labute approximate surface area is 129 Å². The molecule has 0 saturated heterocycles. The Morgan fingerprint density at radius 3 is 1.90 bits per heavy atom. The lowest BCUT2D eigenvalue weighted by Gasteiger charge is -2.27. The Morgan fingerprint density at radius 2 is 1.43 bits per heavy atom. The molecule has 4 unspecified atom stereocenters. The van der Waals surface area contributed by atoms with E-state index in [0.717, 1.165) is 24.2 Å². The van der Waals surface area contributed by atoms with Crippen molar-refractivity contribution in [1.29, 1.82) is 0 Å². The van der Waals surface area contributed by atoms with Crippen molar-refractivity contribution in [3.63, 3.8) is 0 Å². The third-order valence-corrected chi connectivity index (χ3v) is 6.80. The number of aliphatic hydroxyl groups is 1. The second kappa shape index (κ2) is 5.43. The highest BCUT2D eigenvalue weighted by Crippen LogP contribution is 2.51. The normalized spacial score (nSPS) is 29.1. The van der Waals surface area contributed by atoms with Crippen molar-refractivity contribution in [2.24, 2.45) is 17.8 Å². The number of hydrogen-bond acceptors (Lipinski definition) is 1. The molecule has 0 radical (unpaired) electrons. The van der Waals surface area contributed by atoms with Crippen LogP contribution in [0.15, 0.2) is 0 Å². The van der Waals surface area contributed by atoms with Crippen LogP contribution in [0.1, 0.15) is 71.6 Å². The van der Waals surface area contributed by atoms with E-state index < -0.39 is 0 Å². The molecule has 1 heteroatoms. The largest absolute Gasteiger partial charge is 0.388 e. The van der Waals surface area contributed by atoms with Gasteiger partial charge in [0.1, 0.15) is 0 Å². The van der Waals surface area contributed by atoms with Gasteiger partial charge in [-0.05, 0) is 111 Å². The predicted octanol–water partition coefficient (Wildman–Crippen LogP) is 5.09. The summed E-state index contributed by atoms with van der Waals surface area (Å²) in [6.07, 6.45) is 6.35. The fourth-order valence-electron chi connectivity index (χ4n) is 5.10. The van der Waals surface area contributed by atoms with Gasteiger partial charge in [0.25, 0.3) is 0 Å². The van der Waals surface area contributed by atoms with Gasteiger partial charge in [-0.2, -0.15) is 0 Å². The molecule has 2 bridgehead atoms. The molecule has 0 spiro atoms. The fraction of sp³-hybridized carbons (Fsp3) is 0.700. The second-order valence-electron chi connectivity index (χ2n) is 7.73. The van der Waals surface area contributed by atoms with Gasteiger partial charge in [-0.3, -0.25) is 0 Å². The van der Waals surface area contributed by atoms with Crippen LogP contribution in [0.5, 0.6) is 0 Å². The van der Waals surface area contributed by atoms with Crippen molar-refractivity contribution in [3.05, 3.63) is 33.4 Å². The quantitative estimate of drug-likeness (QED) is 0.820. The maximum atomic E-state index is 10.9. The summed E-state index contributed by atoms with van der Waals surface area (Å²) in [6, 6.07) is 0. The van der Waals surface area contributed by atoms with Gasteiger partial charge >= 0.3 is 0 Å². The first-order valence-corrected chi connectivity index (χ1v) is 8.65. The van der Waals surface area contributed by atoms with Gasteiger partial charge < -0.3 is 5.11 Å². The zero-order valence-corrected chi connectivity index (χ0v) is 14.3. The maximum Gasteiger partial charge on any atom is 0.0798 e. The fourth-order valence-corrected chi connectivity index (χ4v) is 5.10. The van der Waals surface area contributed by atoms with E-state index in [1.54, 1.807) is 0 Å². The Kier molecular flexibility index (Phi) is 3.90. The van der Waals surface area contributed by atoms with Crippen molar-refractivity contribution in [2.45, 2.75) is 72.8 Å². The van der Waals surface area contributed by atoms with Crippen LogP contribution in [0.3, 0.4) is 0 Å². The van der Waals surface area contributed by atoms with E-state index >= 15 is 0 Å². The lowest BCUT2D eigenvalue weighted by atomic mass is 9.80. The minimum Gasteiger partial charge on any atom is -0.388 e. The van der Waals surface area contributed by atoms with Crippen molar-refractivity contribution in [2.75, 3.05) is 0 Å². The first-order valence-electron chi connectivity index (χ1n) is 8.65. The molecule has 2 fully saturated rings. The standard InChI is InChI=1S/C20H30O/c1-11-12(2)14(4)20(15(5)13(11)3)19(21)10-18-9-16-6-7-17(18)8-16/h16-19,21H,6-10H2,1-5H3. The third-order valence-electron chi connectivity index (χ3n) is 6.80. The van der Waals surface area contributed by atoms with Crippen molar-refractivity contribution >= 4 is 0 Å². The van der Waals surface area contributed by atoms with Crippen LogP contribution in [0.25, 0.3) is 0 Å². The number of rotatable bonds is 3. The van der Waals surface area contributed by atoms with Gasteiger partial charge in [-0.25, -0.2) is 0 Å². The van der Waals surface area contributed by atoms with E-state index in [1.807, 2.05) is 0 Å². The monoisotopic (exact) mass is 286 g/mol. The Morgan fingerprint density at radius 1 is 0.857 bits per heavy atom. The number of fused-ring (bicyclic) bond motifs is 2. The van der Waals surface area contributed by atoms with Gasteiger partial charge in [-0.15, -0.1) is 0 Å². The molecule has 4 atom stereocenters. The highest BCUT2D eigenvalue weighted by molar-refractivity contribution is 5.50. The van der Waals surface area contributed by atoms with E-state index in [-0.39, 0.29) is 6.10 Å². The predicted molar refractivity (Wildman–Crippen MR) is 88.6 cm³/mol. The maximum absolute atomic E-state index is 10.9. The van der Waals surface area contributed by atoms with Gasteiger partial charge in [0, 0.05) is 0 Å². The molecule has 0 heterocycles. The molecule has 0 aliphatic heterocycles. The third kappa shape index (κ3) is 2.44. The molecule has 1 aromatic rings. The van der Waals surface area contributed by atoms with Crippen LogP contribution < -0.4 is 0 Å². The molecule has 1 N–H and O–H groups in total. The summed E-state index contributed by atoms with van der Waals surface area (Å²) >= 11 is 0. The first kappa shape index (κ1) is 15.1. The minimum absolute atomic E-state index is 0.271. The summed E-state index contributed by atoms with van der Waals surface area (Å²) in [6.45, 7) is 11.0.